The molecule has 0 saturated carbocycles. The van der Waals surface area contributed by atoms with Crippen molar-refractivity contribution in [2.75, 3.05) is 18.0 Å². The first kappa shape index (κ1) is 17.7. The molecule has 128 valence electrons. The molecular formula is C17H29N5O. The largest absolute Gasteiger partial charge is 0.356 e. The minimum atomic E-state index is -0.412. The van der Waals surface area contributed by atoms with Crippen molar-refractivity contribution in [3.63, 3.8) is 0 Å². The number of anilines is 1. The number of aryl methyl sites for hydroxylation is 2. The van der Waals surface area contributed by atoms with Crippen LogP contribution in [0.3, 0.4) is 0 Å². The number of carbonyl (C=O) groups excluding carboxylic acids is 1. The highest BCUT2D eigenvalue weighted by Crippen LogP contribution is 2.19. The Morgan fingerprint density at radius 1 is 1.39 bits per heavy atom. The van der Waals surface area contributed by atoms with Crippen LogP contribution in [0.15, 0.2) is 6.07 Å². The summed E-state index contributed by atoms with van der Waals surface area (Å²) in [5.74, 6) is 1.97. The molecule has 1 saturated heterocycles. The van der Waals surface area contributed by atoms with E-state index in [-0.39, 0.29) is 17.9 Å². The molecule has 2 atom stereocenters. The summed E-state index contributed by atoms with van der Waals surface area (Å²) < 4.78 is 0. The van der Waals surface area contributed by atoms with Crippen molar-refractivity contribution < 1.29 is 4.79 Å². The van der Waals surface area contributed by atoms with Crippen molar-refractivity contribution in [1.82, 2.24) is 15.3 Å². The van der Waals surface area contributed by atoms with E-state index < -0.39 is 6.04 Å². The second-order valence-electron chi connectivity index (χ2n) is 6.60. The number of amides is 1. The molecule has 23 heavy (non-hydrogen) atoms. The smallest absolute Gasteiger partial charge is 0.237 e. The van der Waals surface area contributed by atoms with Crippen LogP contribution < -0.4 is 16.0 Å². The fourth-order valence-electron chi connectivity index (χ4n) is 2.92. The van der Waals surface area contributed by atoms with E-state index in [9.17, 15) is 4.79 Å². The van der Waals surface area contributed by atoms with Gasteiger partial charge in [0.1, 0.15) is 11.6 Å². The van der Waals surface area contributed by atoms with Crippen LogP contribution in [0.2, 0.25) is 0 Å². The van der Waals surface area contributed by atoms with Crippen molar-refractivity contribution in [1.29, 1.82) is 0 Å². The topological polar surface area (TPSA) is 84.1 Å². The molecule has 2 heterocycles. The van der Waals surface area contributed by atoms with E-state index in [2.05, 4.69) is 27.1 Å². The van der Waals surface area contributed by atoms with Gasteiger partial charge < -0.3 is 16.0 Å². The van der Waals surface area contributed by atoms with Crippen molar-refractivity contribution >= 4 is 11.7 Å². The van der Waals surface area contributed by atoms with Gasteiger partial charge in [-0.2, -0.15) is 0 Å². The number of piperidine rings is 1. The quantitative estimate of drug-likeness (QED) is 0.860. The second kappa shape index (κ2) is 7.73. The maximum absolute atomic E-state index is 12.2. The molecular weight excluding hydrogens is 290 g/mol. The fourth-order valence-corrected chi connectivity index (χ4v) is 2.92. The molecule has 0 spiro atoms. The Morgan fingerprint density at radius 2 is 2.04 bits per heavy atom. The molecule has 0 radical (unpaired) electrons. The zero-order valence-electron chi connectivity index (χ0n) is 14.7. The minimum absolute atomic E-state index is 0.0217. The second-order valence-corrected chi connectivity index (χ2v) is 6.60. The lowest BCUT2D eigenvalue weighted by molar-refractivity contribution is -0.124. The van der Waals surface area contributed by atoms with Gasteiger partial charge in [0, 0.05) is 30.9 Å². The van der Waals surface area contributed by atoms with Crippen LogP contribution in [0, 0.1) is 19.8 Å². The van der Waals surface area contributed by atoms with Crippen LogP contribution in [0.25, 0.3) is 0 Å². The van der Waals surface area contributed by atoms with Crippen LogP contribution in [0.5, 0.6) is 0 Å². The summed E-state index contributed by atoms with van der Waals surface area (Å²) >= 11 is 0. The third-order valence-corrected chi connectivity index (χ3v) is 4.68. The van der Waals surface area contributed by atoms with Crippen molar-refractivity contribution in [2.24, 2.45) is 11.7 Å². The third kappa shape index (κ3) is 4.64. The summed E-state index contributed by atoms with van der Waals surface area (Å²) in [4.78, 5) is 23.3. The number of hydrogen-bond donors (Lipinski definition) is 2. The predicted molar refractivity (Wildman–Crippen MR) is 92.3 cm³/mol. The molecule has 1 aromatic rings. The Bertz CT molecular complexity index is 520. The molecule has 0 aliphatic carbocycles. The molecule has 0 aromatic carbocycles. The van der Waals surface area contributed by atoms with Gasteiger partial charge in [0.15, 0.2) is 0 Å². The van der Waals surface area contributed by atoms with Crippen molar-refractivity contribution in [3.05, 3.63) is 17.6 Å². The van der Waals surface area contributed by atoms with E-state index >= 15 is 0 Å². The Labute approximate surface area is 138 Å². The number of nitrogens with two attached hydrogens (primary N) is 1. The lowest BCUT2D eigenvalue weighted by Gasteiger charge is -2.34. The zero-order valence-corrected chi connectivity index (χ0v) is 14.7. The summed E-state index contributed by atoms with van der Waals surface area (Å²) in [5, 5.41) is 3.11. The lowest BCUT2D eigenvalue weighted by atomic mass is 9.98. The summed E-state index contributed by atoms with van der Waals surface area (Å²) in [6.45, 7) is 9.76. The predicted octanol–water partition coefficient (Wildman–Crippen LogP) is 1.55. The number of nitrogens with one attached hydrogen (secondary N) is 1. The number of aromatic nitrogens is 2. The average molecular weight is 319 g/mol. The van der Waals surface area contributed by atoms with E-state index in [0.29, 0.717) is 0 Å². The van der Waals surface area contributed by atoms with Crippen molar-refractivity contribution in [2.45, 2.75) is 59.0 Å². The van der Waals surface area contributed by atoms with Crippen LogP contribution in [0.1, 0.15) is 44.6 Å². The first-order valence-corrected chi connectivity index (χ1v) is 8.54. The van der Waals surface area contributed by atoms with Gasteiger partial charge in [-0.15, -0.1) is 0 Å². The first-order valence-electron chi connectivity index (χ1n) is 8.54. The highest BCUT2D eigenvalue weighted by atomic mass is 16.2. The Morgan fingerprint density at radius 3 is 2.61 bits per heavy atom. The van der Waals surface area contributed by atoms with Crippen LogP contribution >= 0.6 is 0 Å². The maximum Gasteiger partial charge on any atom is 0.237 e. The van der Waals surface area contributed by atoms with Gasteiger partial charge in [-0.05, 0) is 32.6 Å². The first-order chi connectivity index (χ1) is 10.9. The third-order valence-electron chi connectivity index (χ3n) is 4.68. The average Bonchev–Trinajstić information content (AvgIpc) is 2.53. The maximum atomic E-state index is 12.2. The van der Waals surface area contributed by atoms with Crippen LogP contribution in [-0.4, -0.2) is 41.0 Å². The van der Waals surface area contributed by atoms with E-state index in [4.69, 9.17) is 5.73 Å². The molecule has 1 aliphatic rings. The molecule has 1 amide bonds. The molecule has 3 N–H and O–H groups in total. The molecule has 6 nitrogen and oxygen atoms in total. The van der Waals surface area contributed by atoms with E-state index in [1.807, 2.05) is 26.8 Å². The van der Waals surface area contributed by atoms with Crippen LogP contribution in [-0.2, 0) is 4.79 Å². The lowest BCUT2D eigenvalue weighted by Crippen LogP contribution is -2.51. The number of rotatable bonds is 5. The number of hydrogen-bond acceptors (Lipinski definition) is 5. The summed E-state index contributed by atoms with van der Waals surface area (Å²) in [5.41, 5.74) is 6.99. The molecule has 1 fully saturated rings. The number of nitrogens with zero attached hydrogens (tertiary/aromatic N) is 3. The van der Waals surface area contributed by atoms with Gasteiger partial charge in [0.2, 0.25) is 5.91 Å². The van der Waals surface area contributed by atoms with Gasteiger partial charge in [-0.25, -0.2) is 9.97 Å². The monoisotopic (exact) mass is 319 g/mol. The SMILES string of the molecule is CCC(C)C(N)C(=O)NC1CCN(c2cc(C)nc(C)n2)CC1. The van der Waals surface area contributed by atoms with Gasteiger partial charge >= 0.3 is 0 Å². The highest BCUT2D eigenvalue weighted by molar-refractivity contribution is 5.82. The standard InChI is InChI=1S/C17H29N5O/c1-5-11(2)16(18)17(23)21-14-6-8-22(9-7-14)15-10-12(3)19-13(4)20-15/h10-11,14,16H,5-9,18H2,1-4H3,(H,21,23). The Hall–Kier alpha value is -1.69. The highest BCUT2D eigenvalue weighted by Gasteiger charge is 2.25. The summed E-state index contributed by atoms with van der Waals surface area (Å²) in [6, 6.07) is 1.81. The molecule has 2 rings (SSSR count). The van der Waals surface area contributed by atoms with Crippen molar-refractivity contribution in [3.8, 4) is 0 Å². The van der Waals surface area contributed by atoms with Gasteiger partial charge in [0.25, 0.3) is 0 Å². The minimum Gasteiger partial charge on any atom is -0.356 e. The Kier molecular flexibility index (Phi) is 5.93. The van der Waals surface area contributed by atoms with Gasteiger partial charge in [-0.1, -0.05) is 20.3 Å². The van der Waals surface area contributed by atoms with E-state index in [1.165, 1.54) is 0 Å². The van der Waals surface area contributed by atoms with E-state index in [1.54, 1.807) is 0 Å². The molecule has 1 aliphatic heterocycles. The fraction of sp³-hybridized carbons (Fsp3) is 0.706. The normalized spacial score (nSPS) is 18.6. The molecule has 1 aromatic heterocycles. The van der Waals surface area contributed by atoms with E-state index in [0.717, 1.165) is 49.7 Å². The summed E-state index contributed by atoms with van der Waals surface area (Å²) in [7, 11) is 0. The van der Waals surface area contributed by atoms with Gasteiger partial charge in [0.05, 0.1) is 6.04 Å². The number of carbonyl (C=O) groups is 1. The Balaban J connectivity index is 1.87. The molecule has 2 unspecified atom stereocenters. The summed E-state index contributed by atoms with van der Waals surface area (Å²) in [6.07, 6.45) is 2.75. The molecule has 6 heteroatoms. The van der Waals surface area contributed by atoms with Crippen LogP contribution in [0.4, 0.5) is 5.82 Å². The van der Waals surface area contributed by atoms with Gasteiger partial charge in [-0.3, -0.25) is 4.79 Å². The molecule has 0 bridgehead atoms. The zero-order chi connectivity index (χ0) is 17.0.